The largest absolute Gasteiger partial charge is 0.349 e. The van der Waals surface area contributed by atoms with Crippen molar-refractivity contribution in [2.45, 2.75) is 236 Å². The van der Waals surface area contributed by atoms with Gasteiger partial charge >= 0.3 is 0 Å². The summed E-state index contributed by atoms with van der Waals surface area (Å²) >= 11 is 0. The van der Waals surface area contributed by atoms with Crippen LogP contribution in [-0.4, -0.2) is 67.6 Å². The third-order valence-corrected chi connectivity index (χ3v) is 21.5. The molecule has 0 spiro atoms. The first-order chi connectivity index (χ1) is 29.3. The van der Waals surface area contributed by atoms with Gasteiger partial charge in [-0.15, -0.1) is 0 Å². The summed E-state index contributed by atoms with van der Waals surface area (Å²) in [4.78, 5) is 14.7. The van der Waals surface area contributed by atoms with Gasteiger partial charge in [0.05, 0.1) is 30.5 Å². The van der Waals surface area contributed by atoms with Gasteiger partial charge in [-0.2, -0.15) is 0 Å². The van der Waals surface area contributed by atoms with Crippen LogP contribution < -0.4 is 0 Å². The summed E-state index contributed by atoms with van der Waals surface area (Å²) in [5.41, 5.74) is 0.258. The Labute approximate surface area is 378 Å². The average Bonchev–Trinajstić information content (AvgIpc) is 3.60. The zero-order valence-electron chi connectivity index (χ0n) is 42.0. The molecule has 0 aromatic rings. The van der Waals surface area contributed by atoms with E-state index in [1.165, 1.54) is 25.7 Å². The van der Waals surface area contributed by atoms with Crippen molar-refractivity contribution in [2.24, 2.45) is 99.6 Å². The summed E-state index contributed by atoms with van der Waals surface area (Å²) in [6.45, 7) is 35.0. The zero-order chi connectivity index (χ0) is 44.7. The Balaban J connectivity index is 0.917. The molecule has 356 valence electrons. The second-order valence-corrected chi connectivity index (χ2v) is 24.3. The molecule has 4 aliphatic heterocycles. The quantitative estimate of drug-likeness (QED) is 0.212. The summed E-state index contributed by atoms with van der Waals surface area (Å²) in [5.74, 6) is 6.91. The van der Waals surface area contributed by atoms with Gasteiger partial charge in [0.15, 0.2) is 25.2 Å². The highest BCUT2D eigenvalue weighted by molar-refractivity contribution is 5.83. The van der Waals surface area contributed by atoms with Crippen LogP contribution >= 0.6 is 0 Å². The lowest BCUT2D eigenvalue weighted by Crippen LogP contribution is -2.59. The molecule has 27 atom stereocenters. The summed E-state index contributed by atoms with van der Waals surface area (Å²) in [6.07, 6.45) is 11.0. The maximum Gasteiger partial charge on any atom is 0.184 e. The predicted molar refractivity (Wildman–Crippen MR) is 244 cm³/mol. The Morgan fingerprint density at radius 1 is 0.597 bits per heavy atom. The van der Waals surface area contributed by atoms with Crippen LogP contribution in [0, 0.1) is 99.6 Å². The lowest BCUT2D eigenvalue weighted by atomic mass is 9.44. The van der Waals surface area contributed by atoms with Crippen molar-refractivity contribution in [1.82, 2.24) is 0 Å². The van der Waals surface area contributed by atoms with Gasteiger partial charge in [-0.25, -0.2) is 0 Å². The SMILES string of the molecule is CCC1OC(O[C@@H]2CC[C@]3(C)C4CC[C@]5(C)[C@@H]([C@H](C)[C@H]6CC[C@H](C)[C@@H](OC7OC(C)C(C)C(C)C7C)O6)CC[C@H]5[C@@H]4CC(=O)[C@H]3C2)C(OC2OC(C)C(C)C(C)C2C)C(C)C1C. The van der Waals surface area contributed by atoms with Gasteiger partial charge in [0, 0.05) is 30.1 Å². The smallest absolute Gasteiger partial charge is 0.184 e. The molecule has 0 amide bonds. The number of hydrogen-bond acceptors (Lipinski definition) is 8. The average molecular weight is 869 g/mol. The molecule has 0 bridgehead atoms. The highest BCUT2D eigenvalue weighted by Gasteiger charge is 2.63. The van der Waals surface area contributed by atoms with E-state index in [9.17, 15) is 4.79 Å². The molecule has 8 nitrogen and oxygen atoms in total. The zero-order valence-corrected chi connectivity index (χ0v) is 42.0. The Morgan fingerprint density at radius 2 is 1.21 bits per heavy atom. The Bertz CT molecular complexity index is 1540. The topological polar surface area (TPSA) is 81.7 Å². The van der Waals surface area contributed by atoms with Gasteiger partial charge in [0.25, 0.3) is 0 Å². The third-order valence-electron chi connectivity index (χ3n) is 21.5. The predicted octanol–water partition coefficient (Wildman–Crippen LogP) is 12.1. The van der Waals surface area contributed by atoms with E-state index in [4.69, 9.17) is 33.2 Å². The molecule has 4 aliphatic carbocycles. The number of carbonyl (C=O) groups is 1. The normalized spacial score (nSPS) is 56.4. The minimum absolute atomic E-state index is 0.00908. The van der Waals surface area contributed by atoms with Crippen molar-refractivity contribution in [3.63, 3.8) is 0 Å². The van der Waals surface area contributed by atoms with E-state index in [0.29, 0.717) is 76.8 Å². The van der Waals surface area contributed by atoms with Crippen LogP contribution in [0.25, 0.3) is 0 Å². The molecule has 4 saturated heterocycles. The molecule has 16 unspecified atom stereocenters. The number of Topliss-reactive ketones (excluding diaryl/α,β-unsaturated/α-hetero) is 1. The molecule has 0 N–H and O–H groups in total. The molecule has 8 aliphatic rings. The molecule has 0 radical (unpaired) electrons. The minimum Gasteiger partial charge on any atom is -0.349 e. The minimum atomic E-state index is -0.459. The molecule has 62 heavy (non-hydrogen) atoms. The van der Waals surface area contributed by atoms with Crippen LogP contribution in [0.2, 0.25) is 0 Å². The van der Waals surface area contributed by atoms with Crippen molar-refractivity contribution >= 4 is 5.78 Å². The number of carbonyl (C=O) groups excluding carboxylic acids is 1. The van der Waals surface area contributed by atoms with Crippen molar-refractivity contribution in [2.75, 3.05) is 0 Å². The third kappa shape index (κ3) is 8.39. The standard InChI is InChI=1S/C54H92O8/c1-16-46-32(7)33(8)48(61-50-34(9)28(3)30(5)37(12)56-50)52(59-46)58-39-21-23-54(15)43-22-24-53(14)41(18-19-42(53)40(43)26-45(55)44(54)25-39)36(11)47-20-17-27(2)49(60-47)62-51-35(10)29(4)31(6)38(13)57-51/h27-44,46-52H,16-26H2,1-15H3/t27-,28?,29?,30?,31?,32?,33?,34?,35?,36-,37?,38?,39+,40-,41+,42-,43?,44+,46?,47+,48?,49+,50?,51?,52?,53+,54+/m0/s1. The van der Waals surface area contributed by atoms with Crippen LogP contribution in [-0.2, 0) is 38.0 Å². The van der Waals surface area contributed by atoms with Crippen LogP contribution in [0.1, 0.15) is 174 Å². The number of rotatable bonds is 9. The van der Waals surface area contributed by atoms with Crippen LogP contribution in [0.15, 0.2) is 0 Å². The first-order valence-electron chi connectivity index (χ1n) is 26.4. The van der Waals surface area contributed by atoms with Gasteiger partial charge < -0.3 is 33.2 Å². The Hall–Kier alpha value is -0.610. The lowest BCUT2D eigenvalue weighted by Gasteiger charge is -2.61. The Morgan fingerprint density at radius 3 is 1.85 bits per heavy atom. The number of ether oxygens (including phenoxy) is 7. The van der Waals surface area contributed by atoms with E-state index in [0.717, 1.165) is 44.9 Å². The van der Waals surface area contributed by atoms with Crippen molar-refractivity contribution in [1.29, 1.82) is 0 Å². The van der Waals surface area contributed by atoms with Crippen LogP contribution in [0.5, 0.6) is 0 Å². The van der Waals surface area contributed by atoms with E-state index < -0.39 is 6.29 Å². The molecule has 0 aromatic heterocycles. The van der Waals surface area contributed by atoms with Crippen LogP contribution in [0.4, 0.5) is 0 Å². The van der Waals surface area contributed by atoms with Gasteiger partial charge in [-0.05, 0) is 154 Å². The molecule has 8 heteroatoms. The first kappa shape index (κ1) is 47.9. The second-order valence-electron chi connectivity index (χ2n) is 24.3. The molecular formula is C54H92O8. The molecule has 0 aromatic carbocycles. The maximum absolute atomic E-state index is 14.7. The second kappa shape index (κ2) is 18.5. The maximum atomic E-state index is 14.7. The monoisotopic (exact) mass is 869 g/mol. The van der Waals surface area contributed by atoms with E-state index in [1.54, 1.807) is 0 Å². The van der Waals surface area contributed by atoms with E-state index in [-0.39, 0.29) is 84.1 Å². The van der Waals surface area contributed by atoms with Gasteiger partial charge in [-0.3, -0.25) is 4.79 Å². The highest BCUT2D eigenvalue weighted by Crippen LogP contribution is 2.68. The van der Waals surface area contributed by atoms with Crippen molar-refractivity contribution < 1.29 is 38.0 Å². The molecule has 4 saturated carbocycles. The summed E-state index contributed by atoms with van der Waals surface area (Å²) < 4.78 is 47.7. The fourth-order valence-corrected chi connectivity index (χ4v) is 15.8. The van der Waals surface area contributed by atoms with Gasteiger partial charge in [0.2, 0.25) is 0 Å². The Kier molecular flexibility index (Phi) is 14.3. The lowest BCUT2D eigenvalue weighted by molar-refractivity contribution is -0.344. The molecule has 8 fully saturated rings. The summed E-state index contributed by atoms with van der Waals surface area (Å²) in [7, 11) is 0. The summed E-state index contributed by atoms with van der Waals surface area (Å²) in [5, 5.41) is 0. The summed E-state index contributed by atoms with van der Waals surface area (Å²) in [6, 6.07) is 0. The molecular weight excluding hydrogens is 777 g/mol. The fourth-order valence-electron chi connectivity index (χ4n) is 15.8. The van der Waals surface area contributed by atoms with E-state index >= 15 is 0 Å². The number of fused-ring (bicyclic) bond motifs is 5. The van der Waals surface area contributed by atoms with E-state index in [1.807, 2.05) is 0 Å². The van der Waals surface area contributed by atoms with Gasteiger partial charge in [-0.1, -0.05) is 90.0 Å². The number of ketones is 1. The highest BCUT2D eigenvalue weighted by atomic mass is 16.8. The molecule has 4 heterocycles. The van der Waals surface area contributed by atoms with Crippen molar-refractivity contribution in [3.8, 4) is 0 Å². The number of hydrogen-bond donors (Lipinski definition) is 0. The van der Waals surface area contributed by atoms with Crippen molar-refractivity contribution in [3.05, 3.63) is 0 Å². The molecule has 8 rings (SSSR count). The van der Waals surface area contributed by atoms with E-state index in [2.05, 4.69) is 104 Å². The first-order valence-corrected chi connectivity index (χ1v) is 26.4. The van der Waals surface area contributed by atoms with Crippen LogP contribution in [0.3, 0.4) is 0 Å². The fraction of sp³-hybridized carbons (Fsp3) is 0.981. The van der Waals surface area contributed by atoms with Gasteiger partial charge in [0.1, 0.15) is 11.9 Å².